The Morgan fingerprint density at radius 1 is 1.35 bits per heavy atom. The number of methoxy groups -OCH3 is 1. The highest BCUT2D eigenvalue weighted by molar-refractivity contribution is 5.78. The minimum Gasteiger partial charge on any atom is -0.469 e. The van der Waals surface area contributed by atoms with Crippen LogP contribution in [0, 0.1) is 0 Å². The van der Waals surface area contributed by atoms with Crippen LogP contribution < -0.4 is 5.56 Å². The summed E-state index contributed by atoms with van der Waals surface area (Å²) in [6.07, 6.45) is 3.75. The molecule has 17 heavy (non-hydrogen) atoms. The van der Waals surface area contributed by atoms with Crippen LogP contribution in [0.1, 0.15) is 6.42 Å². The van der Waals surface area contributed by atoms with E-state index in [0.717, 1.165) is 5.39 Å². The van der Waals surface area contributed by atoms with Crippen LogP contribution in [-0.2, 0) is 23.1 Å². The molecule has 0 fully saturated rings. The minimum atomic E-state index is -0.316. The number of aryl methyl sites for hydroxylation is 2. The third kappa shape index (κ3) is 2.08. The highest BCUT2D eigenvalue weighted by atomic mass is 16.5. The average molecular weight is 234 g/mol. The molecule has 90 valence electrons. The predicted octanol–water partition coefficient (Wildman–Crippen LogP) is 0.903. The van der Waals surface area contributed by atoms with Gasteiger partial charge in [0.1, 0.15) is 5.52 Å². The van der Waals surface area contributed by atoms with Gasteiger partial charge in [0, 0.05) is 31.4 Å². The van der Waals surface area contributed by atoms with Crippen LogP contribution in [0.5, 0.6) is 0 Å². The first kappa shape index (κ1) is 11.4. The number of carbonyl (C=O) groups excluding carboxylic acids is 1. The van der Waals surface area contributed by atoms with E-state index >= 15 is 0 Å². The quantitative estimate of drug-likeness (QED) is 0.741. The van der Waals surface area contributed by atoms with Gasteiger partial charge in [-0.2, -0.15) is 0 Å². The van der Waals surface area contributed by atoms with E-state index in [0.29, 0.717) is 12.1 Å². The van der Waals surface area contributed by atoms with Gasteiger partial charge in [-0.3, -0.25) is 9.59 Å². The van der Waals surface area contributed by atoms with Crippen molar-refractivity contribution in [3.05, 3.63) is 34.9 Å². The second-order valence-electron chi connectivity index (χ2n) is 3.87. The van der Waals surface area contributed by atoms with Crippen LogP contribution >= 0.6 is 0 Å². The predicted molar refractivity (Wildman–Crippen MR) is 63.8 cm³/mol. The van der Waals surface area contributed by atoms with E-state index < -0.39 is 0 Å². The molecule has 5 nitrogen and oxygen atoms in total. The van der Waals surface area contributed by atoms with Crippen molar-refractivity contribution in [3.63, 3.8) is 0 Å². The zero-order valence-corrected chi connectivity index (χ0v) is 9.84. The zero-order chi connectivity index (χ0) is 12.4. The van der Waals surface area contributed by atoms with E-state index in [2.05, 4.69) is 4.74 Å². The Morgan fingerprint density at radius 3 is 2.76 bits per heavy atom. The summed E-state index contributed by atoms with van der Waals surface area (Å²) >= 11 is 0. The van der Waals surface area contributed by atoms with Crippen LogP contribution in [0.2, 0.25) is 0 Å². The molecule has 0 aliphatic carbocycles. The maximum absolute atomic E-state index is 12.1. The normalized spacial score (nSPS) is 10.7. The van der Waals surface area contributed by atoms with Gasteiger partial charge in [0.15, 0.2) is 0 Å². The summed E-state index contributed by atoms with van der Waals surface area (Å²) in [4.78, 5) is 23.1. The van der Waals surface area contributed by atoms with Crippen LogP contribution in [0.3, 0.4) is 0 Å². The van der Waals surface area contributed by atoms with Gasteiger partial charge in [0.05, 0.1) is 13.5 Å². The van der Waals surface area contributed by atoms with Crippen molar-refractivity contribution in [2.75, 3.05) is 7.11 Å². The van der Waals surface area contributed by atoms with Gasteiger partial charge in [-0.15, -0.1) is 0 Å². The zero-order valence-electron chi connectivity index (χ0n) is 9.84. The SMILES string of the molecule is COC(=O)CCn1ccc2ccn(C)c2c1=O. The lowest BCUT2D eigenvalue weighted by Gasteiger charge is -2.05. The molecule has 0 N–H and O–H groups in total. The summed E-state index contributed by atoms with van der Waals surface area (Å²) < 4.78 is 7.86. The lowest BCUT2D eigenvalue weighted by molar-refractivity contribution is -0.140. The number of aromatic nitrogens is 2. The minimum absolute atomic E-state index is 0.0843. The van der Waals surface area contributed by atoms with Crippen molar-refractivity contribution in [2.24, 2.45) is 7.05 Å². The number of carbonyl (C=O) groups is 1. The Morgan fingerprint density at radius 2 is 2.06 bits per heavy atom. The molecule has 0 unspecified atom stereocenters. The van der Waals surface area contributed by atoms with Crippen LogP contribution in [-0.4, -0.2) is 22.2 Å². The van der Waals surface area contributed by atoms with Gasteiger partial charge in [-0.05, 0) is 12.1 Å². The fraction of sp³-hybridized carbons (Fsp3) is 0.333. The summed E-state index contributed by atoms with van der Waals surface area (Å²) in [6, 6.07) is 3.76. The molecule has 0 radical (unpaired) electrons. The van der Waals surface area contributed by atoms with Crippen LogP contribution in [0.4, 0.5) is 0 Å². The fourth-order valence-corrected chi connectivity index (χ4v) is 1.82. The molecule has 2 aromatic heterocycles. The first-order valence-corrected chi connectivity index (χ1v) is 5.35. The molecular weight excluding hydrogens is 220 g/mol. The van der Waals surface area contributed by atoms with E-state index in [-0.39, 0.29) is 17.9 Å². The first-order chi connectivity index (χ1) is 8.13. The summed E-state index contributed by atoms with van der Waals surface area (Å²) in [7, 11) is 3.17. The van der Waals surface area contributed by atoms with Gasteiger partial charge in [-0.25, -0.2) is 0 Å². The van der Waals surface area contributed by atoms with Crippen molar-refractivity contribution >= 4 is 16.9 Å². The maximum Gasteiger partial charge on any atom is 0.307 e. The monoisotopic (exact) mass is 234 g/mol. The Kier molecular flexibility index (Phi) is 2.99. The third-order valence-electron chi connectivity index (χ3n) is 2.79. The Balaban J connectivity index is 2.36. The van der Waals surface area contributed by atoms with Crippen LogP contribution in [0.15, 0.2) is 29.3 Å². The summed E-state index contributed by atoms with van der Waals surface area (Å²) in [6.45, 7) is 0.340. The Hall–Kier alpha value is -2.04. The molecule has 0 spiro atoms. The van der Waals surface area contributed by atoms with Crippen LogP contribution in [0.25, 0.3) is 10.9 Å². The standard InChI is InChI=1S/C12H14N2O3/c1-13-6-3-9-4-7-14(12(16)11(9)13)8-5-10(15)17-2/h3-4,6-7H,5,8H2,1-2H3. The number of hydrogen-bond acceptors (Lipinski definition) is 3. The van der Waals surface area contributed by atoms with E-state index in [4.69, 9.17) is 0 Å². The average Bonchev–Trinajstić information content (AvgIpc) is 2.70. The number of esters is 1. The molecule has 0 saturated carbocycles. The summed E-state index contributed by atoms with van der Waals surface area (Å²) in [5.41, 5.74) is 0.566. The van der Waals surface area contributed by atoms with Crippen molar-refractivity contribution < 1.29 is 9.53 Å². The molecule has 0 aliphatic heterocycles. The highest BCUT2D eigenvalue weighted by Gasteiger charge is 2.07. The van der Waals surface area contributed by atoms with Gasteiger partial charge in [-0.1, -0.05) is 0 Å². The molecular formula is C12H14N2O3. The lowest BCUT2D eigenvalue weighted by Crippen LogP contribution is -2.22. The number of ether oxygens (including phenoxy) is 1. The van der Waals surface area contributed by atoms with Gasteiger partial charge in [0.25, 0.3) is 5.56 Å². The van der Waals surface area contributed by atoms with Crippen molar-refractivity contribution in [3.8, 4) is 0 Å². The molecule has 0 aromatic carbocycles. The molecule has 0 atom stereocenters. The molecule has 2 heterocycles. The van der Waals surface area contributed by atoms with Gasteiger partial charge < -0.3 is 13.9 Å². The molecule has 0 saturated heterocycles. The Bertz CT molecular complexity index is 610. The molecule has 2 aromatic rings. The van der Waals surface area contributed by atoms with Gasteiger partial charge >= 0.3 is 5.97 Å². The van der Waals surface area contributed by atoms with Crippen molar-refractivity contribution in [2.45, 2.75) is 13.0 Å². The second-order valence-corrected chi connectivity index (χ2v) is 3.87. The number of hydrogen-bond donors (Lipinski definition) is 0. The third-order valence-corrected chi connectivity index (χ3v) is 2.79. The Labute approximate surface area is 98.2 Å². The highest BCUT2D eigenvalue weighted by Crippen LogP contribution is 2.09. The topological polar surface area (TPSA) is 53.2 Å². The van der Waals surface area contributed by atoms with E-state index in [1.807, 2.05) is 25.4 Å². The molecule has 0 bridgehead atoms. The van der Waals surface area contributed by atoms with Gasteiger partial charge in [0.2, 0.25) is 0 Å². The maximum atomic E-state index is 12.1. The number of nitrogens with zero attached hydrogens (tertiary/aromatic N) is 2. The summed E-state index contributed by atoms with van der Waals surface area (Å²) in [5, 5.41) is 0.909. The second kappa shape index (κ2) is 4.45. The molecule has 5 heteroatoms. The number of rotatable bonds is 3. The van der Waals surface area contributed by atoms with E-state index in [9.17, 15) is 9.59 Å². The fourth-order valence-electron chi connectivity index (χ4n) is 1.82. The van der Waals surface area contributed by atoms with E-state index in [1.54, 1.807) is 10.8 Å². The van der Waals surface area contributed by atoms with Crippen molar-refractivity contribution in [1.82, 2.24) is 9.13 Å². The molecule has 0 aliphatic rings. The van der Waals surface area contributed by atoms with Crippen molar-refractivity contribution in [1.29, 1.82) is 0 Å². The van der Waals surface area contributed by atoms with E-state index in [1.165, 1.54) is 11.7 Å². The number of pyridine rings is 1. The number of fused-ring (bicyclic) bond motifs is 1. The first-order valence-electron chi connectivity index (χ1n) is 5.35. The lowest BCUT2D eigenvalue weighted by atomic mass is 10.3. The largest absolute Gasteiger partial charge is 0.469 e. The molecule has 0 amide bonds. The molecule has 2 rings (SSSR count). The summed E-state index contributed by atoms with van der Waals surface area (Å²) in [5.74, 6) is -0.316. The smallest absolute Gasteiger partial charge is 0.307 e.